The molecule has 1 fully saturated rings. The van der Waals surface area contributed by atoms with Gasteiger partial charge in [0.25, 0.3) is 0 Å². The van der Waals surface area contributed by atoms with Gasteiger partial charge in [0.1, 0.15) is 30.2 Å². The van der Waals surface area contributed by atoms with Crippen LogP contribution in [-0.2, 0) is 4.79 Å². The van der Waals surface area contributed by atoms with E-state index in [1.54, 1.807) is 30.4 Å². The number of alkyl halides is 1. The second-order valence-electron chi connectivity index (χ2n) is 9.09. The maximum Gasteiger partial charge on any atom is 0.335 e. The number of hydrogen-bond donors (Lipinski definition) is 3. The van der Waals surface area contributed by atoms with Crippen LogP contribution in [0.2, 0.25) is 0 Å². The van der Waals surface area contributed by atoms with E-state index in [1.165, 1.54) is 35.2 Å². The molecule has 0 aromatic heterocycles. The molecule has 1 heterocycles. The molecule has 0 bridgehead atoms. The summed E-state index contributed by atoms with van der Waals surface area (Å²) in [6.45, 7) is 7.73. The van der Waals surface area contributed by atoms with E-state index < -0.39 is 24.0 Å². The molecule has 1 saturated heterocycles. The normalized spacial score (nSPS) is 17.8. The summed E-state index contributed by atoms with van der Waals surface area (Å²) in [5.41, 5.74) is 1.95. The Labute approximate surface area is 227 Å². The lowest BCUT2D eigenvalue weighted by Crippen LogP contribution is -2.38. The molecule has 2 aromatic rings. The maximum absolute atomic E-state index is 14.2. The summed E-state index contributed by atoms with van der Waals surface area (Å²) in [4.78, 5) is 25.4. The van der Waals surface area contributed by atoms with Gasteiger partial charge in [0.15, 0.2) is 0 Å². The number of anilines is 1. The quantitative estimate of drug-likeness (QED) is 0.296. The van der Waals surface area contributed by atoms with Crippen molar-refractivity contribution in [2.75, 3.05) is 18.5 Å². The van der Waals surface area contributed by atoms with Gasteiger partial charge in [-0.2, -0.15) is 0 Å². The second-order valence-corrected chi connectivity index (χ2v) is 9.09. The molecule has 2 unspecified atom stereocenters. The number of benzene rings is 2. The summed E-state index contributed by atoms with van der Waals surface area (Å²) >= 11 is 0. The lowest BCUT2D eigenvalue weighted by molar-refractivity contribution is -0.131. The molecule has 1 amide bonds. The molecule has 0 saturated carbocycles. The first-order chi connectivity index (χ1) is 18.7. The Bertz CT molecular complexity index is 1270. The average molecular weight is 538 g/mol. The van der Waals surface area contributed by atoms with Crippen molar-refractivity contribution in [2.24, 2.45) is 0 Å². The number of carboxylic acids is 1. The Morgan fingerprint density at radius 2 is 1.90 bits per heavy atom. The fraction of sp³-hybridized carbons (Fsp3) is 0.267. The van der Waals surface area contributed by atoms with E-state index in [0.29, 0.717) is 23.0 Å². The topological polar surface area (TPSA) is 90.9 Å². The van der Waals surface area contributed by atoms with Crippen molar-refractivity contribution < 1.29 is 28.2 Å². The number of carbonyl (C=O) groups excluding carboxylic acids is 1. The summed E-state index contributed by atoms with van der Waals surface area (Å²) in [6, 6.07) is 11.8. The molecular formula is C30H33F2N3O4. The van der Waals surface area contributed by atoms with Crippen LogP contribution in [0, 0.1) is 5.82 Å². The number of hydrogen-bond acceptors (Lipinski definition) is 5. The molecule has 3 N–H and O–H groups in total. The molecule has 0 spiro atoms. The Kier molecular flexibility index (Phi) is 10.4. The number of ether oxygens (including phenoxy) is 1. The van der Waals surface area contributed by atoms with Gasteiger partial charge in [-0.25, -0.2) is 13.6 Å². The molecule has 0 aliphatic carbocycles. The summed E-state index contributed by atoms with van der Waals surface area (Å²) in [7, 11) is 0. The van der Waals surface area contributed by atoms with E-state index in [-0.39, 0.29) is 37.5 Å². The van der Waals surface area contributed by atoms with Crippen molar-refractivity contribution in [1.29, 1.82) is 0 Å². The lowest BCUT2D eigenvalue weighted by Gasteiger charge is -2.24. The Morgan fingerprint density at radius 1 is 1.18 bits per heavy atom. The standard InChI is InChI=1S/C30H33F2N3O4/c1-4-8-27(33-21(3)34-28-11-6-5-10-26(28)32)20(2)9-7-12-29(36)35-18-23(31)17-24(35)19-39-25-15-13-22(14-16-25)30(37)38/h4-11,13-16,23-24,33-34H,3,12,17-19H2,1-2H3,(H,37,38)/b8-4-,9-7+,27-20+. The predicted octanol–water partition coefficient (Wildman–Crippen LogP) is 5.81. The zero-order chi connectivity index (χ0) is 28.4. The highest BCUT2D eigenvalue weighted by atomic mass is 19.1. The van der Waals surface area contributed by atoms with Gasteiger partial charge >= 0.3 is 5.97 Å². The number of aromatic carboxylic acids is 1. The summed E-state index contributed by atoms with van der Waals surface area (Å²) in [6.07, 6.45) is 6.28. The number of para-hydroxylation sites is 1. The Balaban J connectivity index is 1.58. The number of carbonyl (C=O) groups is 2. The number of nitrogens with zero attached hydrogens (tertiary/aromatic N) is 1. The summed E-state index contributed by atoms with van der Waals surface area (Å²) in [5, 5.41) is 15.0. The minimum atomic E-state index is -1.14. The highest BCUT2D eigenvalue weighted by molar-refractivity contribution is 5.87. The van der Waals surface area contributed by atoms with E-state index in [2.05, 4.69) is 17.2 Å². The molecule has 2 atom stereocenters. The van der Waals surface area contributed by atoms with Crippen molar-refractivity contribution in [2.45, 2.75) is 38.9 Å². The van der Waals surface area contributed by atoms with Crippen LogP contribution in [0.1, 0.15) is 37.0 Å². The third-order valence-electron chi connectivity index (χ3n) is 6.09. The maximum atomic E-state index is 14.2. The van der Waals surface area contributed by atoms with Crippen molar-refractivity contribution in [1.82, 2.24) is 10.2 Å². The van der Waals surface area contributed by atoms with Crippen LogP contribution in [-0.4, -0.2) is 47.2 Å². The van der Waals surface area contributed by atoms with Crippen LogP contribution >= 0.6 is 0 Å². The molecule has 2 aromatic carbocycles. The van der Waals surface area contributed by atoms with Crippen LogP contribution in [0.25, 0.3) is 0 Å². The average Bonchev–Trinajstić information content (AvgIpc) is 3.29. The van der Waals surface area contributed by atoms with Crippen molar-refractivity contribution in [3.05, 3.63) is 108 Å². The number of halogens is 2. The molecule has 0 radical (unpaired) electrons. The smallest absolute Gasteiger partial charge is 0.335 e. The van der Waals surface area contributed by atoms with Crippen molar-refractivity contribution >= 4 is 17.6 Å². The molecule has 39 heavy (non-hydrogen) atoms. The van der Waals surface area contributed by atoms with Gasteiger partial charge in [-0.1, -0.05) is 36.9 Å². The highest BCUT2D eigenvalue weighted by Crippen LogP contribution is 2.23. The van der Waals surface area contributed by atoms with Gasteiger partial charge < -0.3 is 25.4 Å². The minimum Gasteiger partial charge on any atom is -0.491 e. The number of carboxylic acid groups (broad SMARTS) is 1. The van der Waals surface area contributed by atoms with E-state index in [0.717, 1.165) is 5.57 Å². The van der Waals surface area contributed by atoms with Gasteiger partial charge in [-0.3, -0.25) is 4.79 Å². The molecule has 1 aliphatic rings. The molecule has 3 rings (SSSR count). The van der Waals surface area contributed by atoms with Gasteiger partial charge in [-0.05, 0) is 61.9 Å². The monoisotopic (exact) mass is 537 g/mol. The van der Waals surface area contributed by atoms with Crippen LogP contribution < -0.4 is 15.4 Å². The number of likely N-dealkylation sites (tertiary alicyclic amines) is 1. The third kappa shape index (κ3) is 8.56. The Morgan fingerprint density at radius 3 is 2.56 bits per heavy atom. The van der Waals surface area contributed by atoms with Crippen LogP contribution in [0.5, 0.6) is 5.75 Å². The first-order valence-electron chi connectivity index (χ1n) is 12.5. The Hall–Kier alpha value is -4.40. The first-order valence-corrected chi connectivity index (χ1v) is 12.5. The highest BCUT2D eigenvalue weighted by Gasteiger charge is 2.35. The van der Waals surface area contributed by atoms with Crippen molar-refractivity contribution in [3.8, 4) is 5.75 Å². The van der Waals surface area contributed by atoms with E-state index in [1.807, 2.05) is 26.0 Å². The number of rotatable bonds is 12. The van der Waals surface area contributed by atoms with Gasteiger partial charge in [0.05, 0.1) is 23.8 Å². The SMILES string of the molecule is C=C(NC(/C=C\C)=C(C)/C=C/CC(=O)N1CC(F)CC1COc1ccc(C(=O)O)cc1)Nc1ccccc1F. The molecule has 206 valence electrons. The van der Waals surface area contributed by atoms with E-state index >= 15 is 0 Å². The number of nitrogens with one attached hydrogen (secondary N) is 2. The number of amides is 1. The second kappa shape index (κ2) is 13.9. The largest absolute Gasteiger partial charge is 0.491 e. The van der Waals surface area contributed by atoms with Gasteiger partial charge in [0.2, 0.25) is 5.91 Å². The van der Waals surface area contributed by atoms with Crippen LogP contribution in [0.15, 0.2) is 96.5 Å². The van der Waals surface area contributed by atoms with E-state index in [9.17, 15) is 18.4 Å². The van der Waals surface area contributed by atoms with Crippen LogP contribution in [0.4, 0.5) is 14.5 Å². The zero-order valence-corrected chi connectivity index (χ0v) is 22.0. The lowest BCUT2D eigenvalue weighted by atomic mass is 10.1. The fourth-order valence-electron chi connectivity index (χ4n) is 4.11. The van der Waals surface area contributed by atoms with Gasteiger partial charge in [-0.15, -0.1) is 0 Å². The van der Waals surface area contributed by atoms with E-state index in [4.69, 9.17) is 9.84 Å². The molecular weight excluding hydrogens is 504 g/mol. The predicted molar refractivity (Wildman–Crippen MR) is 147 cm³/mol. The third-order valence-corrected chi connectivity index (χ3v) is 6.09. The molecule has 7 nitrogen and oxygen atoms in total. The molecule has 9 heteroatoms. The first kappa shape index (κ1) is 29.2. The molecule has 1 aliphatic heterocycles. The van der Waals surface area contributed by atoms with Crippen molar-refractivity contribution in [3.63, 3.8) is 0 Å². The number of allylic oxidation sites excluding steroid dienone is 4. The summed E-state index contributed by atoms with van der Waals surface area (Å²) < 4.78 is 33.8. The zero-order valence-electron chi connectivity index (χ0n) is 22.0. The van der Waals surface area contributed by atoms with Crippen LogP contribution in [0.3, 0.4) is 0 Å². The fourth-order valence-corrected chi connectivity index (χ4v) is 4.11. The minimum absolute atomic E-state index is 0.000388. The summed E-state index contributed by atoms with van der Waals surface area (Å²) in [5.74, 6) is -0.830. The van der Waals surface area contributed by atoms with Gasteiger partial charge in [0, 0.05) is 18.5 Å².